The van der Waals surface area contributed by atoms with E-state index < -0.39 is 5.97 Å². The van der Waals surface area contributed by atoms with Gasteiger partial charge in [0.1, 0.15) is 5.58 Å². The van der Waals surface area contributed by atoms with Crippen LogP contribution in [0.4, 0.5) is 0 Å². The van der Waals surface area contributed by atoms with Gasteiger partial charge in [-0.05, 0) is 51.3 Å². The molecule has 0 atom stereocenters. The van der Waals surface area contributed by atoms with Crippen LogP contribution in [0.5, 0.6) is 0 Å². The Balaban J connectivity index is 2.18. The van der Waals surface area contributed by atoms with Crippen molar-refractivity contribution in [2.24, 2.45) is 0 Å². The van der Waals surface area contributed by atoms with Gasteiger partial charge >= 0.3 is 5.97 Å². The van der Waals surface area contributed by atoms with Gasteiger partial charge in [0.25, 0.3) is 0 Å². The number of furan rings is 1. The second-order valence-corrected chi connectivity index (χ2v) is 5.82. The summed E-state index contributed by atoms with van der Waals surface area (Å²) in [4.78, 5) is 10.9. The zero-order chi connectivity index (χ0) is 15.0. The number of hydrogen-bond donors (Lipinski definition) is 1. The molecule has 0 saturated heterocycles. The van der Waals surface area contributed by atoms with E-state index in [4.69, 9.17) is 21.1 Å². The molecule has 1 aromatic heterocycles. The van der Waals surface area contributed by atoms with E-state index in [0.717, 1.165) is 22.1 Å². The number of carboxylic acids is 1. The summed E-state index contributed by atoms with van der Waals surface area (Å²) in [6, 6.07) is 12.8. The van der Waals surface area contributed by atoms with E-state index in [-0.39, 0.29) is 6.42 Å². The van der Waals surface area contributed by atoms with Gasteiger partial charge in [-0.15, -0.1) is 0 Å². The first-order valence-corrected chi connectivity index (χ1v) is 7.40. The van der Waals surface area contributed by atoms with Crippen LogP contribution in [0.15, 0.2) is 51.6 Å². The first kappa shape index (κ1) is 14.2. The molecule has 0 fully saturated rings. The van der Waals surface area contributed by atoms with Gasteiger partial charge in [-0.3, -0.25) is 4.79 Å². The molecule has 21 heavy (non-hydrogen) atoms. The number of carbonyl (C=O) groups is 1. The number of hydrogen-bond acceptors (Lipinski definition) is 2. The number of carboxylic acid groups (broad SMARTS) is 1. The topological polar surface area (TPSA) is 50.4 Å². The Kier molecular flexibility index (Phi) is 3.74. The molecule has 1 N–H and O–H groups in total. The van der Waals surface area contributed by atoms with Crippen molar-refractivity contribution in [1.82, 2.24) is 0 Å². The number of aliphatic carboxylic acids is 1. The predicted molar refractivity (Wildman–Crippen MR) is 85.7 cm³/mol. The molecule has 0 saturated carbocycles. The van der Waals surface area contributed by atoms with Crippen molar-refractivity contribution in [2.75, 3.05) is 0 Å². The maximum absolute atomic E-state index is 10.9. The molecule has 1 heterocycles. The minimum absolute atomic E-state index is 0.0151. The highest BCUT2D eigenvalue weighted by Crippen LogP contribution is 2.38. The fourth-order valence-electron chi connectivity index (χ4n) is 2.29. The van der Waals surface area contributed by atoms with Crippen molar-refractivity contribution in [3.8, 4) is 11.1 Å². The van der Waals surface area contributed by atoms with Gasteiger partial charge in [-0.1, -0.05) is 29.8 Å². The summed E-state index contributed by atoms with van der Waals surface area (Å²) in [7, 11) is 0. The van der Waals surface area contributed by atoms with Crippen molar-refractivity contribution in [3.63, 3.8) is 0 Å². The molecule has 0 aliphatic rings. The summed E-state index contributed by atoms with van der Waals surface area (Å²) >= 11 is 9.34. The van der Waals surface area contributed by atoms with Crippen LogP contribution in [0.25, 0.3) is 22.1 Å². The third-order valence-electron chi connectivity index (χ3n) is 3.20. The third kappa shape index (κ3) is 2.82. The van der Waals surface area contributed by atoms with Crippen LogP contribution in [0, 0.1) is 0 Å². The Bertz CT molecular complexity index is 821. The normalized spacial score (nSPS) is 11.0. The Morgan fingerprint density at radius 2 is 1.90 bits per heavy atom. The van der Waals surface area contributed by atoms with Crippen molar-refractivity contribution in [2.45, 2.75) is 6.42 Å². The van der Waals surface area contributed by atoms with E-state index >= 15 is 0 Å². The molecular formula is C16H10BrClO3. The SMILES string of the molecule is O=C(O)Cc1ccc2oc(Br)c(-c3ccc(Cl)cc3)c2c1. The quantitative estimate of drug-likeness (QED) is 0.699. The molecular weight excluding hydrogens is 356 g/mol. The van der Waals surface area contributed by atoms with Crippen LogP contribution in [0.2, 0.25) is 5.02 Å². The van der Waals surface area contributed by atoms with Crippen molar-refractivity contribution in [1.29, 1.82) is 0 Å². The van der Waals surface area contributed by atoms with Gasteiger partial charge < -0.3 is 9.52 Å². The molecule has 0 amide bonds. The fourth-order valence-corrected chi connectivity index (χ4v) is 3.03. The minimum Gasteiger partial charge on any atom is -0.481 e. The summed E-state index contributed by atoms with van der Waals surface area (Å²) in [5.41, 5.74) is 3.30. The Morgan fingerprint density at radius 1 is 1.19 bits per heavy atom. The second kappa shape index (κ2) is 5.54. The Hall–Kier alpha value is -1.78. The number of rotatable bonds is 3. The van der Waals surface area contributed by atoms with E-state index in [1.807, 2.05) is 30.3 Å². The second-order valence-electron chi connectivity index (χ2n) is 4.66. The first-order valence-electron chi connectivity index (χ1n) is 6.23. The Labute approximate surface area is 134 Å². The van der Waals surface area contributed by atoms with Crippen LogP contribution in [0.1, 0.15) is 5.56 Å². The van der Waals surface area contributed by atoms with Crippen LogP contribution in [-0.4, -0.2) is 11.1 Å². The van der Waals surface area contributed by atoms with Gasteiger partial charge in [0.05, 0.1) is 6.42 Å². The first-order chi connectivity index (χ1) is 10.0. The maximum Gasteiger partial charge on any atom is 0.307 e. The third-order valence-corrected chi connectivity index (χ3v) is 4.01. The van der Waals surface area contributed by atoms with E-state index in [1.54, 1.807) is 12.1 Å². The standard InChI is InChI=1S/C16H10BrClO3/c17-16-15(10-2-4-11(18)5-3-10)12-7-9(8-14(19)20)1-6-13(12)21-16/h1-7H,8H2,(H,19,20). The lowest BCUT2D eigenvalue weighted by molar-refractivity contribution is -0.136. The molecule has 0 unspecified atom stereocenters. The van der Waals surface area contributed by atoms with E-state index in [1.165, 1.54) is 0 Å². The smallest absolute Gasteiger partial charge is 0.307 e. The van der Waals surface area contributed by atoms with E-state index in [2.05, 4.69) is 15.9 Å². The monoisotopic (exact) mass is 364 g/mol. The summed E-state index contributed by atoms with van der Waals surface area (Å²) in [5.74, 6) is -0.857. The summed E-state index contributed by atoms with van der Waals surface area (Å²) in [6.45, 7) is 0. The molecule has 0 aliphatic heterocycles. The van der Waals surface area contributed by atoms with Crippen LogP contribution in [-0.2, 0) is 11.2 Å². The molecule has 3 nitrogen and oxygen atoms in total. The summed E-state index contributed by atoms with van der Waals surface area (Å²) in [5, 5.41) is 10.5. The summed E-state index contributed by atoms with van der Waals surface area (Å²) < 4.78 is 6.30. The molecule has 0 radical (unpaired) electrons. The van der Waals surface area contributed by atoms with Crippen LogP contribution in [0.3, 0.4) is 0 Å². The largest absolute Gasteiger partial charge is 0.481 e. The molecule has 0 aliphatic carbocycles. The van der Waals surface area contributed by atoms with Crippen molar-refractivity contribution >= 4 is 44.5 Å². The molecule has 2 aromatic carbocycles. The highest BCUT2D eigenvalue weighted by Gasteiger charge is 2.15. The zero-order valence-electron chi connectivity index (χ0n) is 10.8. The number of benzene rings is 2. The molecule has 0 spiro atoms. The van der Waals surface area contributed by atoms with Gasteiger partial charge in [0.2, 0.25) is 0 Å². The highest BCUT2D eigenvalue weighted by molar-refractivity contribution is 9.10. The maximum atomic E-state index is 10.9. The van der Waals surface area contributed by atoms with E-state index in [9.17, 15) is 4.79 Å². The number of halogens is 2. The van der Waals surface area contributed by atoms with Crippen LogP contribution >= 0.6 is 27.5 Å². The molecule has 3 rings (SSSR count). The highest BCUT2D eigenvalue weighted by atomic mass is 79.9. The lowest BCUT2D eigenvalue weighted by Crippen LogP contribution is -1.99. The van der Waals surface area contributed by atoms with Crippen molar-refractivity contribution < 1.29 is 14.3 Å². The average Bonchev–Trinajstić information content (AvgIpc) is 2.75. The number of fused-ring (bicyclic) bond motifs is 1. The Morgan fingerprint density at radius 3 is 2.57 bits per heavy atom. The summed E-state index contributed by atoms with van der Waals surface area (Å²) in [6.07, 6.45) is -0.0151. The molecule has 3 aromatic rings. The lowest BCUT2D eigenvalue weighted by atomic mass is 10.0. The van der Waals surface area contributed by atoms with Crippen LogP contribution < -0.4 is 0 Å². The van der Waals surface area contributed by atoms with E-state index in [0.29, 0.717) is 15.3 Å². The zero-order valence-corrected chi connectivity index (χ0v) is 13.1. The average molecular weight is 366 g/mol. The minimum atomic E-state index is -0.857. The predicted octanol–water partition coefficient (Wildman–Crippen LogP) is 5.14. The van der Waals surface area contributed by atoms with Gasteiger partial charge in [-0.25, -0.2) is 0 Å². The van der Waals surface area contributed by atoms with Crippen molar-refractivity contribution in [3.05, 3.63) is 57.7 Å². The fraction of sp³-hybridized carbons (Fsp3) is 0.0625. The van der Waals surface area contributed by atoms with Gasteiger partial charge in [-0.2, -0.15) is 0 Å². The lowest BCUT2D eigenvalue weighted by Gasteiger charge is -2.01. The molecule has 0 bridgehead atoms. The molecule has 106 valence electrons. The molecule has 5 heteroatoms. The van der Waals surface area contributed by atoms with Gasteiger partial charge in [0, 0.05) is 16.0 Å². The van der Waals surface area contributed by atoms with Gasteiger partial charge in [0.15, 0.2) is 4.67 Å².